The summed E-state index contributed by atoms with van der Waals surface area (Å²) in [6.45, 7) is 2.80. The van der Waals surface area contributed by atoms with Gasteiger partial charge in [0.05, 0.1) is 19.8 Å². The minimum Gasteiger partial charge on any atom is -0.504 e. The highest BCUT2D eigenvalue weighted by Gasteiger charge is 2.08. The van der Waals surface area contributed by atoms with Crippen LogP contribution in [-0.4, -0.2) is 36.6 Å². The van der Waals surface area contributed by atoms with Crippen LogP contribution in [0.25, 0.3) is 0 Å². The Morgan fingerprint density at radius 2 is 2.12 bits per heavy atom. The van der Waals surface area contributed by atoms with Crippen LogP contribution in [0.1, 0.15) is 12.5 Å². The molecule has 0 fully saturated rings. The van der Waals surface area contributed by atoms with Gasteiger partial charge < -0.3 is 19.7 Å². The monoisotopic (exact) mass is 226 g/mol. The summed E-state index contributed by atoms with van der Waals surface area (Å²) in [6, 6.07) is 5.03. The van der Waals surface area contributed by atoms with E-state index in [2.05, 4.69) is 0 Å². The third-order valence-corrected chi connectivity index (χ3v) is 2.23. The molecule has 0 radical (unpaired) electrons. The maximum absolute atomic E-state index is 9.64. The second-order valence-electron chi connectivity index (χ2n) is 3.52. The molecule has 0 saturated heterocycles. The third kappa shape index (κ3) is 3.72. The van der Waals surface area contributed by atoms with Gasteiger partial charge in [0, 0.05) is 13.0 Å². The van der Waals surface area contributed by atoms with Crippen molar-refractivity contribution in [3.63, 3.8) is 0 Å². The SMILES string of the molecule is CCOCC(O)Cc1ccc(O)c(OC)c1. The zero-order valence-corrected chi connectivity index (χ0v) is 9.64. The third-order valence-electron chi connectivity index (χ3n) is 2.23. The second-order valence-corrected chi connectivity index (χ2v) is 3.52. The number of aliphatic hydroxyl groups excluding tert-OH is 1. The lowest BCUT2D eigenvalue weighted by molar-refractivity contribution is 0.0430. The van der Waals surface area contributed by atoms with Gasteiger partial charge in [0.2, 0.25) is 0 Å². The van der Waals surface area contributed by atoms with Crippen LogP contribution in [0.2, 0.25) is 0 Å². The van der Waals surface area contributed by atoms with Crippen molar-refractivity contribution >= 4 is 0 Å². The topological polar surface area (TPSA) is 58.9 Å². The highest BCUT2D eigenvalue weighted by Crippen LogP contribution is 2.26. The number of aromatic hydroxyl groups is 1. The van der Waals surface area contributed by atoms with Crippen molar-refractivity contribution in [2.45, 2.75) is 19.4 Å². The first-order chi connectivity index (χ1) is 7.67. The molecule has 0 spiro atoms. The van der Waals surface area contributed by atoms with Gasteiger partial charge in [-0.05, 0) is 24.6 Å². The minimum absolute atomic E-state index is 0.102. The lowest BCUT2D eigenvalue weighted by atomic mass is 10.1. The summed E-state index contributed by atoms with van der Waals surface area (Å²) >= 11 is 0. The fourth-order valence-corrected chi connectivity index (χ4v) is 1.43. The van der Waals surface area contributed by atoms with E-state index in [1.807, 2.05) is 6.92 Å². The van der Waals surface area contributed by atoms with E-state index in [1.165, 1.54) is 7.11 Å². The first-order valence-electron chi connectivity index (χ1n) is 5.29. The van der Waals surface area contributed by atoms with Gasteiger partial charge in [-0.25, -0.2) is 0 Å². The zero-order chi connectivity index (χ0) is 12.0. The maximum Gasteiger partial charge on any atom is 0.160 e. The molecule has 0 saturated carbocycles. The molecule has 0 aromatic heterocycles. The van der Waals surface area contributed by atoms with Crippen LogP contribution in [0, 0.1) is 0 Å². The molecule has 0 aliphatic heterocycles. The summed E-state index contributed by atoms with van der Waals surface area (Å²) < 4.78 is 10.1. The Bertz CT molecular complexity index is 325. The van der Waals surface area contributed by atoms with Gasteiger partial charge in [-0.2, -0.15) is 0 Å². The summed E-state index contributed by atoms with van der Waals surface area (Å²) in [4.78, 5) is 0. The number of phenols is 1. The Labute approximate surface area is 95.4 Å². The molecular weight excluding hydrogens is 208 g/mol. The number of phenolic OH excluding ortho intramolecular Hbond substituents is 1. The van der Waals surface area contributed by atoms with Crippen LogP contribution < -0.4 is 4.74 Å². The van der Waals surface area contributed by atoms with Crippen LogP contribution >= 0.6 is 0 Å². The van der Waals surface area contributed by atoms with Gasteiger partial charge in [0.25, 0.3) is 0 Å². The Balaban J connectivity index is 2.59. The van der Waals surface area contributed by atoms with Crippen molar-refractivity contribution in [3.05, 3.63) is 23.8 Å². The Hall–Kier alpha value is -1.26. The molecule has 0 aliphatic carbocycles. The molecule has 0 amide bonds. The smallest absolute Gasteiger partial charge is 0.160 e. The molecule has 16 heavy (non-hydrogen) atoms. The van der Waals surface area contributed by atoms with E-state index in [1.54, 1.807) is 18.2 Å². The second kappa shape index (κ2) is 6.35. The number of methoxy groups -OCH3 is 1. The number of benzene rings is 1. The first kappa shape index (κ1) is 12.8. The average molecular weight is 226 g/mol. The summed E-state index contributed by atoms with van der Waals surface area (Å²) in [5, 5.41) is 19.0. The number of ether oxygens (including phenoxy) is 2. The Morgan fingerprint density at radius 3 is 2.75 bits per heavy atom. The van der Waals surface area contributed by atoms with E-state index in [9.17, 15) is 10.2 Å². The van der Waals surface area contributed by atoms with E-state index in [0.29, 0.717) is 25.4 Å². The van der Waals surface area contributed by atoms with Gasteiger partial charge in [-0.3, -0.25) is 0 Å². The summed E-state index contributed by atoms with van der Waals surface area (Å²) in [7, 11) is 1.50. The molecule has 0 aliphatic rings. The van der Waals surface area contributed by atoms with Crippen molar-refractivity contribution in [2.24, 2.45) is 0 Å². The fraction of sp³-hybridized carbons (Fsp3) is 0.500. The number of aliphatic hydroxyl groups is 1. The highest BCUT2D eigenvalue weighted by atomic mass is 16.5. The van der Waals surface area contributed by atoms with Gasteiger partial charge in [0.1, 0.15) is 0 Å². The Kier molecular flexibility index (Phi) is 5.08. The molecule has 1 unspecified atom stereocenters. The zero-order valence-electron chi connectivity index (χ0n) is 9.64. The van der Waals surface area contributed by atoms with Crippen molar-refractivity contribution in [1.29, 1.82) is 0 Å². The van der Waals surface area contributed by atoms with E-state index in [0.717, 1.165) is 5.56 Å². The van der Waals surface area contributed by atoms with E-state index in [4.69, 9.17) is 9.47 Å². The number of hydrogen-bond acceptors (Lipinski definition) is 4. The highest BCUT2D eigenvalue weighted by molar-refractivity contribution is 5.41. The predicted molar refractivity (Wildman–Crippen MR) is 60.9 cm³/mol. The van der Waals surface area contributed by atoms with Gasteiger partial charge >= 0.3 is 0 Å². The standard InChI is InChI=1S/C12H18O4/c1-3-16-8-10(13)6-9-4-5-11(14)12(7-9)15-2/h4-5,7,10,13-14H,3,6,8H2,1-2H3. The Morgan fingerprint density at radius 1 is 1.38 bits per heavy atom. The largest absolute Gasteiger partial charge is 0.504 e. The van der Waals surface area contributed by atoms with Crippen molar-refractivity contribution in [2.75, 3.05) is 20.3 Å². The van der Waals surface area contributed by atoms with E-state index < -0.39 is 6.10 Å². The quantitative estimate of drug-likeness (QED) is 0.768. The molecule has 4 nitrogen and oxygen atoms in total. The molecule has 2 N–H and O–H groups in total. The van der Waals surface area contributed by atoms with Gasteiger partial charge in [-0.15, -0.1) is 0 Å². The van der Waals surface area contributed by atoms with Crippen molar-refractivity contribution < 1.29 is 19.7 Å². The molecule has 90 valence electrons. The minimum atomic E-state index is -0.533. The summed E-state index contributed by atoms with van der Waals surface area (Å²) in [6.07, 6.45) is -0.0504. The molecule has 1 aromatic rings. The summed E-state index contributed by atoms with van der Waals surface area (Å²) in [5.74, 6) is 0.520. The van der Waals surface area contributed by atoms with Gasteiger partial charge in [0.15, 0.2) is 11.5 Å². The maximum atomic E-state index is 9.64. The summed E-state index contributed by atoms with van der Waals surface area (Å²) in [5.41, 5.74) is 0.904. The molecule has 0 heterocycles. The normalized spacial score (nSPS) is 12.4. The molecule has 4 heteroatoms. The van der Waals surface area contributed by atoms with Gasteiger partial charge in [-0.1, -0.05) is 6.07 Å². The van der Waals surface area contributed by atoms with Crippen LogP contribution in [0.5, 0.6) is 11.5 Å². The van der Waals surface area contributed by atoms with Crippen LogP contribution in [0.4, 0.5) is 0 Å². The lowest BCUT2D eigenvalue weighted by Gasteiger charge is -2.11. The average Bonchev–Trinajstić information content (AvgIpc) is 2.29. The van der Waals surface area contributed by atoms with Crippen molar-refractivity contribution in [3.8, 4) is 11.5 Å². The van der Waals surface area contributed by atoms with Crippen LogP contribution in [-0.2, 0) is 11.2 Å². The van der Waals surface area contributed by atoms with Crippen LogP contribution in [0.15, 0.2) is 18.2 Å². The molecule has 0 bridgehead atoms. The van der Waals surface area contributed by atoms with E-state index >= 15 is 0 Å². The lowest BCUT2D eigenvalue weighted by Crippen LogP contribution is -2.18. The molecule has 1 rings (SSSR count). The van der Waals surface area contributed by atoms with E-state index in [-0.39, 0.29) is 5.75 Å². The van der Waals surface area contributed by atoms with Crippen molar-refractivity contribution in [1.82, 2.24) is 0 Å². The molecular formula is C12H18O4. The molecule has 1 atom stereocenters. The van der Waals surface area contributed by atoms with Crippen LogP contribution in [0.3, 0.4) is 0 Å². The number of hydrogen-bond donors (Lipinski definition) is 2. The fourth-order valence-electron chi connectivity index (χ4n) is 1.43. The number of rotatable bonds is 6. The predicted octanol–water partition coefficient (Wildman–Crippen LogP) is 1.34. The molecule has 1 aromatic carbocycles. The first-order valence-corrected chi connectivity index (χ1v) is 5.29.